The summed E-state index contributed by atoms with van der Waals surface area (Å²) < 4.78 is 7.22. The Kier molecular flexibility index (Phi) is 5.01. The first-order chi connectivity index (χ1) is 10.0. The number of aromatic nitrogens is 2. The first-order valence-electron chi connectivity index (χ1n) is 7.12. The summed E-state index contributed by atoms with van der Waals surface area (Å²) in [6, 6.07) is 3.94. The molecule has 6 heteroatoms. The monoisotopic (exact) mass is 307 g/mol. The summed E-state index contributed by atoms with van der Waals surface area (Å²) in [7, 11) is 0. The minimum absolute atomic E-state index is 0.183. The first kappa shape index (κ1) is 15.6. The van der Waals surface area contributed by atoms with Crippen LogP contribution in [0, 0.1) is 6.92 Å². The first-order valence-corrected chi connectivity index (χ1v) is 7.93. The fourth-order valence-electron chi connectivity index (χ4n) is 2.13. The number of nitrogens with two attached hydrogens (primary N) is 1. The number of nitrogen functional groups attached to an aromatic ring is 1. The maximum atomic E-state index is 11.9. The molecular weight excluding hydrogens is 286 g/mol. The molecule has 0 fully saturated rings. The lowest BCUT2D eigenvalue weighted by molar-refractivity contribution is 0.0472. The lowest BCUT2D eigenvalue weighted by Gasteiger charge is -2.12. The lowest BCUT2D eigenvalue weighted by Crippen LogP contribution is -2.09. The number of hydrogen-bond donors (Lipinski definition) is 1. The highest BCUT2D eigenvalue weighted by atomic mass is 32.1. The summed E-state index contributed by atoms with van der Waals surface area (Å²) in [5.41, 5.74) is 7.13. The zero-order valence-electron chi connectivity index (χ0n) is 12.6. The molecular formula is C15H21N3O2S. The maximum Gasteiger partial charge on any atom is 0.348 e. The Balaban J connectivity index is 1.95. The molecule has 2 N–H and O–H groups in total. The van der Waals surface area contributed by atoms with Gasteiger partial charge in [0, 0.05) is 16.8 Å². The standard InChI is InChI=1S/C15H21N3O2S/c1-4-12(5-2)18-7-6-11(17-18)9-20-15(19)14-8-13(16)10(3)21-14/h6-8,12H,4-5,9,16H2,1-3H3. The maximum absolute atomic E-state index is 11.9. The summed E-state index contributed by atoms with van der Waals surface area (Å²) in [4.78, 5) is 13.4. The van der Waals surface area contributed by atoms with Gasteiger partial charge in [-0.25, -0.2) is 4.79 Å². The van der Waals surface area contributed by atoms with E-state index in [0.717, 1.165) is 23.4 Å². The van der Waals surface area contributed by atoms with Crippen molar-refractivity contribution < 1.29 is 9.53 Å². The Morgan fingerprint density at radius 3 is 2.76 bits per heavy atom. The number of thiophene rings is 1. The van der Waals surface area contributed by atoms with E-state index in [9.17, 15) is 4.79 Å². The number of anilines is 1. The van der Waals surface area contributed by atoms with Crippen molar-refractivity contribution in [3.8, 4) is 0 Å². The molecule has 0 atom stereocenters. The molecule has 0 saturated heterocycles. The molecule has 5 nitrogen and oxygen atoms in total. The lowest BCUT2D eigenvalue weighted by atomic mass is 10.2. The molecule has 21 heavy (non-hydrogen) atoms. The van der Waals surface area contributed by atoms with E-state index in [4.69, 9.17) is 10.5 Å². The topological polar surface area (TPSA) is 70.1 Å². The Hall–Kier alpha value is -1.82. The quantitative estimate of drug-likeness (QED) is 0.828. The van der Waals surface area contributed by atoms with E-state index in [1.807, 2.05) is 23.9 Å². The summed E-state index contributed by atoms with van der Waals surface area (Å²) in [6.07, 6.45) is 4.00. The van der Waals surface area contributed by atoms with Gasteiger partial charge in [0.05, 0.1) is 11.7 Å². The smallest absolute Gasteiger partial charge is 0.348 e. The summed E-state index contributed by atoms with van der Waals surface area (Å²) in [6.45, 7) is 6.34. The molecule has 0 aromatic carbocycles. The van der Waals surface area contributed by atoms with Crippen LogP contribution in [0.15, 0.2) is 18.3 Å². The fourth-order valence-corrected chi connectivity index (χ4v) is 2.96. The molecule has 0 radical (unpaired) electrons. The molecule has 2 aromatic rings. The normalized spacial score (nSPS) is 11.0. The summed E-state index contributed by atoms with van der Waals surface area (Å²) >= 11 is 1.35. The second-order valence-corrected chi connectivity index (χ2v) is 6.21. The number of hydrogen-bond acceptors (Lipinski definition) is 5. The molecule has 0 unspecified atom stereocenters. The Labute approximate surface area is 128 Å². The summed E-state index contributed by atoms with van der Waals surface area (Å²) in [5, 5.41) is 4.46. The van der Waals surface area contributed by atoms with Gasteiger partial charge in [-0.1, -0.05) is 13.8 Å². The Bertz CT molecular complexity index is 595. The number of nitrogens with zero attached hydrogens (tertiary/aromatic N) is 2. The third-order valence-electron chi connectivity index (χ3n) is 3.49. The SMILES string of the molecule is CCC(CC)n1ccc(COC(=O)c2cc(N)c(C)s2)n1. The van der Waals surface area contributed by atoms with Gasteiger partial charge in [-0.3, -0.25) is 4.68 Å². The zero-order chi connectivity index (χ0) is 15.4. The van der Waals surface area contributed by atoms with Crippen LogP contribution < -0.4 is 5.73 Å². The van der Waals surface area contributed by atoms with Crippen molar-refractivity contribution in [1.82, 2.24) is 9.78 Å². The van der Waals surface area contributed by atoms with Gasteiger partial charge in [-0.2, -0.15) is 5.10 Å². The van der Waals surface area contributed by atoms with Crippen molar-refractivity contribution >= 4 is 23.0 Å². The third-order valence-corrected chi connectivity index (χ3v) is 4.54. The number of rotatable bonds is 6. The number of esters is 1. The van der Waals surface area contributed by atoms with E-state index in [1.165, 1.54) is 11.3 Å². The minimum Gasteiger partial charge on any atom is -0.455 e. The largest absolute Gasteiger partial charge is 0.455 e. The van der Waals surface area contributed by atoms with E-state index in [1.54, 1.807) is 6.07 Å². The van der Waals surface area contributed by atoms with Gasteiger partial charge >= 0.3 is 5.97 Å². The zero-order valence-corrected chi connectivity index (χ0v) is 13.4. The summed E-state index contributed by atoms with van der Waals surface area (Å²) in [5.74, 6) is -0.350. The van der Waals surface area contributed by atoms with Gasteiger partial charge in [-0.05, 0) is 31.9 Å². The number of aryl methyl sites for hydroxylation is 1. The van der Waals surface area contributed by atoms with Crippen LogP contribution in [0.2, 0.25) is 0 Å². The molecule has 2 aromatic heterocycles. The highest BCUT2D eigenvalue weighted by Gasteiger charge is 2.14. The van der Waals surface area contributed by atoms with Crippen molar-refractivity contribution in [2.24, 2.45) is 0 Å². The molecule has 0 saturated carbocycles. The van der Waals surface area contributed by atoms with Crippen LogP contribution in [0.3, 0.4) is 0 Å². The third kappa shape index (κ3) is 3.64. The van der Waals surface area contributed by atoms with Gasteiger partial charge in [0.2, 0.25) is 0 Å². The van der Waals surface area contributed by atoms with Crippen molar-refractivity contribution in [3.63, 3.8) is 0 Å². The van der Waals surface area contributed by atoms with Crippen LogP contribution in [0.5, 0.6) is 0 Å². The molecule has 0 amide bonds. The van der Waals surface area contributed by atoms with E-state index < -0.39 is 0 Å². The molecule has 0 aliphatic heterocycles. The van der Waals surface area contributed by atoms with Gasteiger partial charge < -0.3 is 10.5 Å². The van der Waals surface area contributed by atoms with Gasteiger partial charge in [-0.15, -0.1) is 11.3 Å². The van der Waals surface area contributed by atoms with Gasteiger partial charge in [0.25, 0.3) is 0 Å². The van der Waals surface area contributed by atoms with Crippen molar-refractivity contribution in [2.75, 3.05) is 5.73 Å². The Morgan fingerprint density at radius 2 is 2.19 bits per heavy atom. The molecule has 0 aliphatic rings. The molecule has 0 aliphatic carbocycles. The van der Waals surface area contributed by atoms with Crippen LogP contribution >= 0.6 is 11.3 Å². The fraction of sp³-hybridized carbons (Fsp3) is 0.467. The van der Waals surface area contributed by atoms with E-state index in [0.29, 0.717) is 16.6 Å². The van der Waals surface area contributed by atoms with E-state index in [2.05, 4.69) is 18.9 Å². The molecule has 114 valence electrons. The van der Waals surface area contributed by atoms with E-state index in [-0.39, 0.29) is 12.6 Å². The van der Waals surface area contributed by atoms with Crippen molar-refractivity contribution in [1.29, 1.82) is 0 Å². The van der Waals surface area contributed by atoms with Crippen LogP contribution in [0.1, 0.15) is 53.0 Å². The highest BCUT2D eigenvalue weighted by Crippen LogP contribution is 2.24. The van der Waals surface area contributed by atoms with E-state index >= 15 is 0 Å². The molecule has 2 rings (SSSR count). The second-order valence-electron chi connectivity index (χ2n) is 4.96. The van der Waals surface area contributed by atoms with Crippen LogP contribution in [-0.2, 0) is 11.3 Å². The highest BCUT2D eigenvalue weighted by molar-refractivity contribution is 7.14. The average molecular weight is 307 g/mol. The molecule has 0 bridgehead atoms. The Morgan fingerprint density at radius 1 is 1.48 bits per heavy atom. The van der Waals surface area contributed by atoms with Crippen LogP contribution in [-0.4, -0.2) is 15.7 Å². The number of carbonyl (C=O) groups excluding carboxylic acids is 1. The predicted octanol–water partition coefficient (Wildman–Crippen LogP) is 3.55. The number of carbonyl (C=O) groups is 1. The van der Waals surface area contributed by atoms with Crippen LogP contribution in [0.4, 0.5) is 5.69 Å². The van der Waals surface area contributed by atoms with Crippen molar-refractivity contribution in [2.45, 2.75) is 46.3 Å². The number of ether oxygens (including phenoxy) is 1. The van der Waals surface area contributed by atoms with Gasteiger partial charge in [0.15, 0.2) is 0 Å². The molecule has 2 heterocycles. The van der Waals surface area contributed by atoms with Gasteiger partial charge in [0.1, 0.15) is 11.5 Å². The average Bonchev–Trinajstić information content (AvgIpc) is 3.06. The molecule has 0 spiro atoms. The van der Waals surface area contributed by atoms with Crippen LogP contribution in [0.25, 0.3) is 0 Å². The van der Waals surface area contributed by atoms with Crippen molar-refractivity contribution in [3.05, 3.63) is 33.8 Å². The minimum atomic E-state index is -0.350. The predicted molar refractivity (Wildman–Crippen MR) is 84.4 cm³/mol. The second kappa shape index (κ2) is 6.76.